The van der Waals surface area contributed by atoms with Crippen LogP contribution in [-0.4, -0.2) is 40.2 Å². The lowest BCUT2D eigenvalue weighted by atomic mass is 9.87. The molecule has 0 aromatic heterocycles. The molecule has 31 heavy (non-hydrogen) atoms. The van der Waals surface area contributed by atoms with Crippen LogP contribution < -0.4 is 14.5 Å². The van der Waals surface area contributed by atoms with Crippen molar-refractivity contribution in [3.63, 3.8) is 0 Å². The molecule has 2 aromatic rings. The van der Waals surface area contributed by atoms with Gasteiger partial charge in [0.05, 0.1) is 11.9 Å². The van der Waals surface area contributed by atoms with Crippen LogP contribution in [0.3, 0.4) is 0 Å². The lowest BCUT2D eigenvalue weighted by Gasteiger charge is -2.29. The Morgan fingerprint density at radius 3 is 2.06 bits per heavy atom. The van der Waals surface area contributed by atoms with E-state index < -0.39 is 10.0 Å². The van der Waals surface area contributed by atoms with Crippen LogP contribution >= 0.6 is 0 Å². The molecule has 2 aromatic carbocycles. The first-order valence-electron chi connectivity index (χ1n) is 10.8. The zero-order chi connectivity index (χ0) is 22.6. The summed E-state index contributed by atoms with van der Waals surface area (Å²) < 4.78 is 25.9. The van der Waals surface area contributed by atoms with Gasteiger partial charge in [-0.15, -0.1) is 0 Å². The Labute approximate surface area is 186 Å². The number of piperidine rings is 1. The fourth-order valence-electron chi connectivity index (χ4n) is 3.77. The minimum Gasteiger partial charge on any atom is -0.372 e. The van der Waals surface area contributed by atoms with Gasteiger partial charge >= 0.3 is 0 Å². The maximum Gasteiger partial charge on any atom is 0.245 e. The van der Waals surface area contributed by atoms with Gasteiger partial charge in [0.25, 0.3) is 0 Å². The molecule has 6 nitrogen and oxygen atoms in total. The third-order valence-electron chi connectivity index (χ3n) is 5.58. The van der Waals surface area contributed by atoms with E-state index in [-0.39, 0.29) is 17.9 Å². The summed E-state index contributed by atoms with van der Waals surface area (Å²) in [5, 5.41) is 2.82. The molecule has 1 aliphatic rings. The first kappa shape index (κ1) is 23.1. The van der Waals surface area contributed by atoms with Gasteiger partial charge in [-0.25, -0.2) is 8.42 Å². The van der Waals surface area contributed by atoms with Gasteiger partial charge < -0.3 is 10.2 Å². The lowest BCUT2D eigenvalue weighted by Crippen LogP contribution is -2.37. The lowest BCUT2D eigenvalue weighted by molar-refractivity contribution is -0.114. The highest BCUT2D eigenvalue weighted by Crippen LogP contribution is 2.26. The summed E-state index contributed by atoms with van der Waals surface area (Å²) >= 11 is 0. The van der Waals surface area contributed by atoms with Gasteiger partial charge in [-0.3, -0.25) is 9.10 Å². The van der Waals surface area contributed by atoms with Crippen LogP contribution in [0.15, 0.2) is 48.5 Å². The van der Waals surface area contributed by atoms with E-state index in [1.54, 1.807) is 12.1 Å². The van der Waals surface area contributed by atoms with E-state index in [1.807, 2.05) is 36.4 Å². The van der Waals surface area contributed by atoms with Crippen molar-refractivity contribution >= 4 is 33.0 Å². The Morgan fingerprint density at radius 1 is 0.968 bits per heavy atom. The second-order valence-electron chi connectivity index (χ2n) is 9.21. The van der Waals surface area contributed by atoms with E-state index in [1.165, 1.54) is 19.3 Å². The van der Waals surface area contributed by atoms with Crippen molar-refractivity contribution in [2.75, 3.05) is 40.4 Å². The molecule has 0 radical (unpaired) electrons. The van der Waals surface area contributed by atoms with Crippen LogP contribution in [0.2, 0.25) is 0 Å². The number of carbonyl (C=O) groups excluding carboxylic acids is 1. The molecule has 3 rings (SSSR count). The van der Waals surface area contributed by atoms with E-state index in [4.69, 9.17) is 0 Å². The minimum atomic E-state index is -3.61. The van der Waals surface area contributed by atoms with Gasteiger partial charge in [-0.1, -0.05) is 32.9 Å². The molecule has 0 saturated carbocycles. The molecular weight excluding hydrogens is 410 g/mol. The van der Waals surface area contributed by atoms with Crippen molar-refractivity contribution in [1.82, 2.24) is 0 Å². The number of carbonyl (C=O) groups is 1. The second-order valence-corrected chi connectivity index (χ2v) is 11.1. The predicted octanol–water partition coefficient (Wildman–Crippen LogP) is 4.38. The van der Waals surface area contributed by atoms with Gasteiger partial charge in [0.1, 0.15) is 6.54 Å². The fraction of sp³-hybridized carbons (Fsp3) is 0.458. The molecule has 7 heteroatoms. The first-order chi connectivity index (χ1) is 14.5. The Hall–Kier alpha value is -2.54. The molecule has 0 aliphatic carbocycles. The number of nitrogens with one attached hydrogen (secondary N) is 1. The van der Waals surface area contributed by atoms with Crippen LogP contribution in [0, 0.1) is 0 Å². The van der Waals surface area contributed by atoms with Crippen molar-refractivity contribution in [2.45, 2.75) is 45.4 Å². The summed E-state index contributed by atoms with van der Waals surface area (Å²) in [5.74, 6) is -0.379. The van der Waals surface area contributed by atoms with Gasteiger partial charge in [0, 0.05) is 24.5 Å². The Kier molecular flexibility index (Phi) is 6.94. The summed E-state index contributed by atoms with van der Waals surface area (Å²) in [5.41, 5.74) is 3.34. The Morgan fingerprint density at radius 2 is 1.55 bits per heavy atom. The first-order valence-corrected chi connectivity index (χ1v) is 12.6. The Balaban J connectivity index is 1.68. The van der Waals surface area contributed by atoms with Crippen molar-refractivity contribution < 1.29 is 13.2 Å². The summed E-state index contributed by atoms with van der Waals surface area (Å²) in [6, 6.07) is 15.1. The maximum absolute atomic E-state index is 12.6. The summed E-state index contributed by atoms with van der Waals surface area (Å²) in [4.78, 5) is 15.0. The molecule has 1 N–H and O–H groups in total. The largest absolute Gasteiger partial charge is 0.372 e. The van der Waals surface area contributed by atoms with Gasteiger partial charge in [-0.05, 0) is 66.6 Å². The average Bonchev–Trinajstić information content (AvgIpc) is 2.72. The van der Waals surface area contributed by atoms with E-state index in [0.717, 1.165) is 34.9 Å². The Bertz CT molecular complexity index is 988. The number of hydrogen-bond donors (Lipinski definition) is 1. The molecule has 1 fully saturated rings. The molecule has 1 heterocycles. The smallest absolute Gasteiger partial charge is 0.245 e. The quantitative estimate of drug-likeness (QED) is 0.719. The van der Waals surface area contributed by atoms with E-state index in [9.17, 15) is 13.2 Å². The number of amides is 1. The van der Waals surface area contributed by atoms with Crippen molar-refractivity contribution in [3.05, 3.63) is 54.1 Å². The summed E-state index contributed by atoms with van der Waals surface area (Å²) in [6.07, 6.45) is 4.80. The van der Waals surface area contributed by atoms with Crippen molar-refractivity contribution in [3.8, 4) is 0 Å². The molecule has 0 bridgehead atoms. The molecule has 1 aliphatic heterocycles. The molecule has 1 amide bonds. The maximum atomic E-state index is 12.6. The fourth-order valence-corrected chi connectivity index (χ4v) is 4.62. The van der Waals surface area contributed by atoms with Gasteiger partial charge in [0.2, 0.25) is 15.9 Å². The highest BCUT2D eigenvalue weighted by Gasteiger charge is 2.22. The highest BCUT2D eigenvalue weighted by atomic mass is 32.2. The molecule has 0 spiro atoms. The van der Waals surface area contributed by atoms with Crippen LogP contribution in [0.1, 0.15) is 45.6 Å². The van der Waals surface area contributed by atoms with Crippen LogP contribution in [0.4, 0.5) is 17.1 Å². The van der Waals surface area contributed by atoms with E-state index in [0.29, 0.717) is 11.4 Å². The monoisotopic (exact) mass is 443 g/mol. The number of anilines is 3. The molecule has 0 atom stereocenters. The second kappa shape index (κ2) is 9.30. The van der Waals surface area contributed by atoms with Crippen LogP contribution in [-0.2, 0) is 20.2 Å². The topological polar surface area (TPSA) is 69.7 Å². The number of hydrogen-bond acceptors (Lipinski definition) is 4. The zero-order valence-electron chi connectivity index (χ0n) is 18.9. The highest BCUT2D eigenvalue weighted by molar-refractivity contribution is 7.92. The predicted molar refractivity (Wildman–Crippen MR) is 128 cm³/mol. The zero-order valence-corrected chi connectivity index (χ0v) is 19.7. The summed E-state index contributed by atoms with van der Waals surface area (Å²) in [7, 11) is -3.61. The van der Waals surface area contributed by atoms with E-state index in [2.05, 4.69) is 31.0 Å². The average molecular weight is 444 g/mol. The minimum absolute atomic E-state index is 0.0355. The van der Waals surface area contributed by atoms with Gasteiger partial charge in [0.15, 0.2) is 0 Å². The van der Waals surface area contributed by atoms with Crippen LogP contribution in [0.25, 0.3) is 0 Å². The van der Waals surface area contributed by atoms with Crippen molar-refractivity contribution in [2.24, 2.45) is 0 Å². The SMILES string of the molecule is CC(C)(C)c1ccc(N(CC(=O)Nc2ccc(N3CCCCC3)cc2)S(C)(=O)=O)cc1. The number of sulfonamides is 1. The van der Waals surface area contributed by atoms with Crippen LogP contribution in [0.5, 0.6) is 0 Å². The number of benzene rings is 2. The van der Waals surface area contributed by atoms with E-state index >= 15 is 0 Å². The number of nitrogens with zero attached hydrogens (tertiary/aromatic N) is 2. The standard InChI is InChI=1S/C24H33N3O3S/c1-24(2,3)19-8-12-22(13-9-19)27(31(4,29)30)18-23(28)25-20-10-14-21(15-11-20)26-16-6-5-7-17-26/h8-15H,5-7,16-18H2,1-4H3,(H,25,28). The molecule has 1 saturated heterocycles. The third kappa shape index (κ3) is 6.23. The normalized spacial score (nSPS) is 14.9. The third-order valence-corrected chi connectivity index (χ3v) is 6.72. The van der Waals surface area contributed by atoms with Crippen molar-refractivity contribution in [1.29, 1.82) is 0 Å². The molecule has 0 unspecified atom stereocenters. The van der Waals surface area contributed by atoms with Gasteiger partial charge in [-0.2, -0.15) is 0 Å². The summed E-state index contributed by atoms with van der Waals surface area (Å²) in [6.45, 7) is 8.13. The molecule has 168 valence electrons. The number of rotatable bonds is 6. The molecular formula is C24H33N3O3S.